The van der Waals surface area contributed by atoms with Gasteiger partial charge in [0.2, 0.25) is 0 Å². The van der Waals surface area contributed by atoms with Crippen LogP contribution in [0, 0.1) is 0 Å². The van der Waals surface area contributed by atoms with Crippen LogP contribution in [0.1, 0.15) is 0 Å². The van der Waals surface area contributed by atoms with Crippen molar-refractivity contribution in [2.75, 3.05) is 0 Å². The van der Waals surface area contributed by atoms with Crippen molar-refractivity contribution in [2.24, 2.45) is 0 Å². The van der Waals surface area contributed by atoms with Crippen LogP contribution in [0.2, 0.25) is 0 Å². The van der Waals surface area contributed by atoms with Crippen molar-refractivity contribution in [3.8, 4) is 0 Å². The van der Waals surface area contributed by atoms with E-state index in [0.29, 0.717) is 0 Å². The van der Waals surface area contributed by atoms with Crippen LogP contribution in [-0.4, -0.2) is 0 Å². The molecule has 0 unspecified atom stereocenters. The Morgan fingerprint density at radius 2 is 2.20 bits per heavy atom. The first-order valence-corrected chi connectivity index (χ1v) is 0.963. The van der Waals surface area contributed by atoms with Crippen LogP contribution in [0.15, 0.2) is 0 Å². The SMILES string of the molecule is [O-]OOOCl. The van der Waals surface area contributed by atoms with E-state index in [1.54, 1.807) is 0 Å². The second kappa shape index (κ2) is 4.13. The number of rotatable bonds is 2. The lowest BCUT2D eigenvalue weighted by atomic mass is 14.4. The van der Waals surface area contributed by atoms with E-state index in [2.05, 4.69) is 26.4 Å². The van der Waals surface area contributed by atoms with Gasteiger partial charge in [0, 0.05) is 0 Å². The molecule has 0 aliphatic rings. The second-order valence-electron chi connectivity index (χ2n) is 0.199. The topological polar surface area (TPSA) is 50.8 Å². The van der Waals surface area contributed by atoms with Gasteiger partial charge in [0.25, 0.3) is 0 Å². The molecular weight excluding hydrogens is 99.4 g/mol. The zero-order valence-electron chi connectivity index (χ0n) is 2.01. The molecule has 0 amide bonds. The lowest BCUT2D eigenvalue weighted by Gasteiger charge is -1.94. The zero-order valence-corrected chi connectivity index (χ0v) is 2.77. The van der Waals surface area contributed by atoms with Gasteiger partial charge in [-0.15, -0.1) is 0 Å². The Bertz CT molecular complexity index is 11.1. The van der Waals surface area contributed by atoms with Gasteiger partial charge in [-0.05, 0) is 0 Å². The Morgan fingerprint density at radius 3 is 2.20 bits per heavy atom. The number of hydrogen-bond acceptors (Lipinski definition) is 4. The van der Waals surface area contributed by atoms with Gasteiger partial charge >= 0.3 is 0 Å². The van der Waals surface area contributed by atoms with E-state index in [1.165, 1.54) is 0 Å². The first kappa shape index (κ1) is 5.13. The average Bonchev–Trinajstić information content (AvgIpc) is 1.41. The van der Waals surface area contributed by atoms with E-state index in [4.69, 9.17) is 5.26 Å². The summed E-state index contributed by atoms with van der Waals surface area (Å²) in [6.07, 6.45) is 0. The molecule has 0 aliphatic heterocycles. The van der Waals surface area contributed by atoms with Gasteiger partial charge in [-0.25, -0.2) is 0 Å². The molecule has 0 rings (SSSR count). The molecule has 0 aromatic heterocycles. The summed E-state index contributed by atoms with van der Waals surface area (Å²) in [5.74, 6) is 0. The van der Waals surface area contributed by atoms with Crippen LogP contribution in [0.25, 0.3) is 0 Å². The van der Waals surface area contributed by atoms with Crippen molar-refractivity contribution in [3.05, 3.63) is 0 Å². The maximum atomic E-state index is 8.60. The largest absolute Gasteiger partial charge is 0.690 e. The van der Waals surface area contributed by atoms with Gasteiger partial charge in [0.05, 0.1) is 0 Å². The van der Waals surface area contributed by atoms with E-state index in [-0.39, 0.29) is 0 Å². The smallest absolute Gasteiger partial charge is 0.103 e. The molecule has 0 atom stereocenters. The Morgan fingerprint density at radius 1 is 1.60 bits per heavy atom. The quantitative estimate of drug-likeness (QED) is 0.339. The van der Waals surface area contributed by atoms with Crippen molar-refractivity contribution in [3.63, 3.8) is 0 Å². The fourth-order valence-corrected chi connectivity index (χ4v) is 0.0315. The van der Waals surface area contributed by atoms with E-state index >= 15 is 0 Å². The Hall–Kier alpha value is 0.130. The highest BCUT2D eigenvalue weighted by atomic mass is 35.5. The molecule has 0 heterocycles. The molecular formula is ClO4-. The second-order valence-corrected chi connectivity index (χ2v) is 0.325. The van der Waals surface area contributed by atoms with Gasteiger partial charge in [-0.3, -0.25) is 5.04 Å². The minimum absolute atomic E-state index is 2.59. The minimum atomic E-state index is 2.59. The third-order valence-electron chi connectivity index (χ3n) is 0.0535. The summed E-state index contributed by atoms with van der Waals surface area (Å²) in [4.78, 5) is 0. The third kappa shape index (κ3) is 4.13. The van der Waals surface area contributed by atoms with Crippen molar-refractivity contribution >= 4 is 11.9 Å². The van der Waals surface area contributed by atoms with Crippen molar-refractivity contribution in [2.45, 2.75) is 0 Å². The molecule has 0 saturated heterocycles. The number of halogens is 1. The van der Waals surface area contributed by atoms with Crippen LogP contribution in [-0.2, 0) is 14.5 Å². The predicted octanol–water partition coefficient (Wildman–Crippen LogP) is -0.705. The van der Waals surface area contributed by atoms with Gasteiger partial charge in [0.1, 0.15) is 11.9 Å². The molecule has 0 saturated carbocycles. The molecule has 0 aliphatic carbocycles. The van der Waals surface area contributed by atoms with Crippen molar-refractivity contribution < 1.29 is 19.8 Å². The zero-order chi connectivity index (χ0) is 4.12. The summed E-state index contributed by atoms with van der Waals surface area (Å²) in [6.45, 7) is 0. The summed E-state index contributed by atoms with van der Waals surface area (Å²) in [5, 5.41) is 14.2. The first-order chi connectivity index (χ1) is 2.41. The standard InChI is InChI=1S/ClHO4/c1-3-5-4-2/h2H/p-1. The van der Waals surface area contributed by atoms with E-state index in [1.807, 2.05) is 0 Å². The van der Waals surface area contributed by atoms with Gasteiger partial charge in [-0.2, -0.15) is 0 Å². The summed E-state index contributed by atoms with van der Waals surface area (Å²) >= 11 is 4.25. The number of hydrogen-bond donors (Lipinski definition) is 0. The summed E-state index contributed by atoms with van der Waals surface area (Å²) in [6, 6.07) is 0. The monoisotopic (exact) mass is 98.9 g/mol. The van der Waals surface area contributed by atoms with E-state index in [9.17, 15) is 0 Å². The van der Waals surface area contributed by atoms with Gasteiger partial charge in [-0.1, -0.05) is 9.48 Å². The third-order valence-corrected chi connectivity index (χ3v) is 0.105. The normalized spacial score (nSPS) is 8.40. The lowest BCUT2D eigenvalue weighted by Crippen LogP contribution is -2.02. The fraction of sp³-hybridized carbons (Fsp3) is 0. The maximum Gasteiger partial charge on any atom is 0.103 e. The van der Waals surface area contributed by atoms with E-state index in [0.717, 1.165) is 0 Å². The molecule has 32 valence electrons. The molecule has 5 heteroatoms. The molecule has 0 aromatic carbocycles. The summed E-state index contributed by atoms with van der Waals surface area (Å²) in [7, 11) is 0. The maximum absolute atomic E-state index is 8.60. The molecule has 4 nitrogen and oxygen atoms in total. The van der Waals surface area contributed by atoms with Gasteiger partial charge in [0.15, 0.2) is 0 Å². The Kier molecular flexibility index (Phi) is 4.24. The molecule has 0 spiro atoms. The molecule has 0 fully saturated rings. The molecule has 0 bridgehead atoms. The van der Waals surface area contributed by atoms with Crippen molar-refractivity contribution in [1.82, 2.24) is 0 Å². The summed E-state index contributed by atoms with van der Waals surface area (Å²) < 4.78 is 3.13. The molecule has 0 aromatic rings. The van der Waals surface area contributed by atoms with Crippen LogP contribution in [0.5, 0.6) is 0 Å². The Labute approximate surface area is 32.8 Å². The minimum Gasteiger partial charge on any atom is -0.690 e. The fourth-order valence-electron chi connectivity index (χ4n) is 0.0105. The first-order valence-electron chi connectivity index (χ1n) is 0.654. The molecule has 0 radical (unpaired) electrons. The highest BCUT2D eigenvalue weighted by molar-refractivity contribution is 6.06. The highest BCUT2D eigenvalue weighted by Crippen LogP contribution is 1.75. The molecule has 0 N–H and O–H groups in total. The highest BCUT2D eigenvalue weighted by Gasteiger charge is 1.61. The van der Waals surface area contributed by atoms with Crippen LogP contribution >= 0.6 is 11.9 Å². The molecule has 5 heavy (non-hydrogen) atoms. The summed E-state index contributed by atoms with van der Waals surface area (Å²) in [5.41, 5.74) is 0. The van der Waals surface area contributed by atoms with Crippen molar-refractivity contribution in [1.29, 1.82) is 0 Å². The lowest BCUT2D eigenvalue weighted by molar-refractivity contribution is -0.839. The Balaban J connectivity index is 2.19. The van der Waals surface area contributed by atoms with Crippen LogP contribution < -0.4 is 5.26 Å². The predicted molar refractivity (Wildman–Crippen MR) is 9.11 cm³/mol. The van der Waals surface area contributed by atoms with Crippen LogP contribution in [0.4, 0.5) is 0 Å². The average molecular weight is 99.4 g/mol. The van der Waals surface area contributed by atoms with Crippen LogP contribution in [0.3, 0.4) is 0 Å². The van der Waals surface area contributed by atoms with Gasteiger partial charge < -0.3 is 5.26 Å². The van der Waals surface area contributed by atoms with E-state index < -0.39 is 0 Å².